The van der Waals surface area contributed by atoms with E-state index in [1.165, 1.54) is 48.9 Å². The number of benzene rings is 5. The highest BCUT2D eigenvalue weighted by Crippen LogP contribution is 2.40. The third-order valence-electron chi connectivity index (χ3n) is 8.40. The number of fused-ring (bicyclic) bond motifs is 8. The number of nitrogens with zero attached hydrogens (tertiary/aromatic N) is 4. The van der Waals surface area contributed by atoms with Crippen LogP contribution in [0.1, 0.15) is 0 Å². The van der Waals surface area contributed by atoms with Crippen molar-refractivity contribution in [3.05, 3.63) is 146 Å². The predicted octanol–water partition coefficient (Wildman–Crippen LogP) is 9.49. The van der Waals surface area contributed by atoms with E-state index in [9.17, 15) is 0 Å². The maximum Gasteiger partial charge on any atom is 0.138 e. The highest BCUT2D eigenvalue weighted by molar-refractivity contribution is 6.22. The Bertz CT molecular complexity index is 2450. The second-order valence-electron chi connectivity index (χ2n) is 10.7. The molecule has 42 heavy (non-hydrogen) atoms. The van der Waals surface area contributed by atoms with Gasteiger partial charge in [-0.05, 0) is 66.0 Å². The Morgan fingerprint density at radius 1 is 0.452 bits per heavy atom. The molecule has 4 heterocycles. The van der Waals surface area contributed by atoms with Gasteiger partial charge in [-0.2, -0.15) is 0 Å². The van der Waals surface area contributed by atoms with Gasteiger partial charge in [-0.1, -0.05) is 72.8 Å². The van der Waals surface area contributed by atoms with Crippen LogP contribution in [0.4, 0.5) is 0 Å². The van der Waals surface area contributed by atoms with Gasteiger partial charge in [0.1, 0.15) is 5.82 Å². The molecule has 0 amide bonds. The van der Waals surface area contributed by atoms with E-state index in [1.807, 2.05) is 24.5 Å². The first kappa shape index (κ1) is 23.0. The first-order valence-corrected chi connectivity index (χ1v) is 14.2. The second-order valence-corrected chi connectivity index (χ2v) is 10.7. The molecule has 0 atom stereocenters. The molecule has 0 saturated carbocycles. The van der Waals surface area contributed by atoms with Crippen LogP contribution in [-0.2, 0) is 0 Å². The fraction of sp³-hybridized carbons (Fsp3) is 0. The first-order valence-electron chi connectivity index (χ1n) is 14.2. The molecule has 0 aliphatic carbocycles. The molecule has 196 valence electrons. The number of para-hydroxylation sites is 3. The van der Waals surface area contributed by atoms with Crippen molar-refractivity contribution >= 4 is 54.4 Å². The Kier molecular flexibility index (Phi) is 4.87. The lowest BCUT2D eigenvalue weighted by atomic mass is 10.0. The molecule has 9 rings (SSSR count). The van der Waals surface area contributed by atoms with E-state index in [0.717, 1.165) is 28.3 Å². The summed E-state index contributed by atoms with van der Waals surface area (Å²) in [4.78, 5) is 9.38. The van der Waals surface area contributed by atoms with Gasteiger partial charge in [0.25, 0.3) is 0 Å². The van der Waals surface area contributed by atoms with Gasteiger partial charge >= 0.3 is 0 Å². The molecular weight excluding hydrogens is 512 g/mol. The maximum absolute atomic E-state index is 5.18. The van der Waals surface area contributed by atoms with Gasteiger partial charge in [-0.15, -0.1) is 0 Å². The Morgan fingerprint density at radius 2 is 1.17 bits per heavy atom. The molecule has 0 aliphatic rings. The van der Waals surface area contributed by atoms with E-state index in [1.54, 1.807) is 0 Å². The van der Waals surface area contributed by atoms with Crippen LogP contribution in [0, 0.1) is 0 Å². The predicted molar refractivity (Wildman–Crippen MR) is 174 cm³/mol. The smallest absolute Gasteiger partial charge is 0.138 e. The molecule has 0 spiro atoms. The number of hydrogen-bond acceptors (Lipinski definition) is 2. The van der Waals surface area contributed by atoms with Crippen molar-refractivity contribution in [2.24, 2.45) is 0 Å². The lowest BCUT2D eigenvalue weighted by Crippen LogP contribution is -1.99. The zero-order valence-electron chi connectivity index (χ0n) is 22.6. The largest absolute Gasteiger partial charge is 0.309 e. The van der Waals surface area contributed by atoms with E-state index in [2.05, 4.69) is 135 Å². The van der Waals surface area contributed by atoms with E-state index in [-0.39, 0.29) is 0 Å². The third kappa shape index (κ3) is 3.29. The van der Waals surface area contributed by atoms with Gasteiger partial charge in [-0.25, -0.2) is 4.98 Å². The standard InChI is InChI=1S/C38H24N4/c1-2-9-27(10-3-1)41-34-14-6-5-12-29(34)32-23-26-17-18-30-28-11-4-7-15-35(28)42(38(30)31(26)24-36(32)41)37-16-8-13-33(40-37)25-19-21-39-22-20-25/h1-24H. The number of aromatic nitrogens is 4. The third-order valence-corrected chi connectivity index (χ3v) is 8.40. The van der Waals surface area contributed by atoms with Gasteiger partial charge in [0, 0.05) is 50.6 Å². The molecule has 0 bridgehead atoms. The van der Waals surface area contributed by atoms with E-state index >= 15 is 0 Å². The van der Waals surface area contributed by atoms with Crippen molar-refractivity contribution in [1.29, 1.82) is 0 Å². The molecule has 9 aromatic rings. The maximum atomic E-state index is 5.18. The second kappa shape index (κ2) is 8.88. The van der Waals surface area contributed by atoms with Crippen LogP contribution in [0.15, 0.2) is 146 Å². The van der Waals surface area contributed by atoms with E-state index in [4.69, 9.17) is 4.98 Å². The summed E-state index contributed by atoms with van der Waals surface area (Å²) < 4.78 is 4.72. The van der Waals surface area contributed by atoms with Crippen molar-refractivity contribution in [2.45, 2.75) is 0 Å². The molecule has 4 nitrogen and oxygen atoms in total. The SMILES string of the molecule is c1ccc(-n2c3ccccc3c3cc4ccc5c6ccccc6n(-c6cccc(-c7ccncc7)n6)c5c4cc32)cc1. The summed E-state index contributed by atoms with van der Waals surface area (Å²) in [6, 6.07) is 47.5. The summed E-state index contributed by atoms with van der Waals surface area (Å²) in [6.07, 6.45) is 3.63. The molecule has 5 aromatic carbocycles. The fourth-order valence-electron chi connectivity index (χ4n) is 6.57. The lowest BCUT2D eigenvalue weighted by Gasteiger charge is -2.12. The van der Waals surface area contributed by atoms with Crippen LogP contribution in [0.25, 0.3) is 77.1 Å². The average molecular weight is 537 g/mol. The molecule has 0 radical (unpaired) electrons. The summed E-state index contributed by atoms with van der Waals surface area (Å²) in [7, 11) is 0. The topological polar surface area (TPSA) is 35.6 Å². The molecule has 0 aliphatic heterocycles. The van der Waals surface area contributed by atoms with E-state index < -0.39 is 0 Å². The van der Waals surface area contributed by atoms with E-state index in [0.29, 0.717) is 0 Å². The fourth-order valence-corrected chi connectivity index (χ4v) is 6.57. The first-order chi connectivity index (χ1) is 20.8. The van der Waals surface area contributed by atoms with Crippen molar-refractivity contribution in [1.82, 2.24) is 19.1 Å². The van der Waals surface area contributed by atoms with Crippen molar-refractivity contribution < 1.29 is 0 Å². The Labute approximate surface area is 241 Å². The average Bonchev–Trinajstić information content (AvgIpc) is 3.57. The number of hydrogen-bond donors (Lipinski definition) is 0. The summed E-state index contributed by atoms with van der Waals surface area (Å²) in [5.74, 6) is 0.895. The number of rotatable bonds is 3. The molecule has 4 aromatic heterocycles. The van der Waals surface area contributed by atoms with Crippen LogP contribution in [0.2, 0.25) is 0 Å². The van der Waals surface area contributed by atoms with Gasteiger partial charge in [0.05, 0.1) is 27.8 Å². The van der Waals surface area contributed by atoms with Crippen LogP contribution >= 0.6 is 0 Å². The van der Waals surface area contributed by atoms with Crippen LogP contribution in [0.3, 0.4) is 0 Å². The highest BCUT2D eigenvalue weighted by atomic mass is 15.1. The van der Waals surface area contributed by atoms with Gasteiger partial charge in [-0.3, -0.25) is 9.55 Å². The Hall–Kier alpha value is -5.74. The van der Waals surface area contributed by atoms with Crippen LogP contribution in [-0.4, -0.2) is 19.1 Å². The summed E-state index contributed by atoms with van der Waals surface area (Å²) in [6.45, 7) is 0. The molecule has 0 fully saturated rings. The monoisotopic (exact) mass is 536 g/mol. The molecule has 4 heteroatoms. The normalized spacial score (nSPS) is 11.8. The van der Waals surface area contributed by atoms with Crippen LogP contribution in [0.5, 0.6) is 0 Å². The summed E-state index contributed by atoms with van der Waals surface area (Å²) in [5.41, 5.74) is 7.83. The highest BCUT2D eigenvalue weighted by Gasteiger charge is 2.19. The summed E-state index contributed by atoms with van der Waals surface area (Å²) in [5, 5.41) is 7.35. The molecular formula is C38H24N4. The van der Waals surface area contributed by atoms with Gasteiger partial charge in [0.15, 0.2) is 0 Å². The lowest BCUT2D eigenvalue weighted by molar-refractivity contribution is 1.09. The van der Waals surface area contributed by atoms with Crippen molar-refractivity contribution in [3.8, 4) is 22.8 Å². The van der Waals surface area contributed by atoms with Gasteiger partial charge < -0.3 is 4.57 Å². The Morgan fingerprint density at radius 3 is 1.98 bits per heavy atom. The van der Waals surface area contributed by atoms with Gasteiger partial charge in [0.2, 0.25) is 0 Å². The van der Waals surface area contributed by atoms with Crippen LogP contribution < -0.4 is 0 Å². The minimum Gasteiger partial charge on any atom is -0.309 e. The zero-order valence-corrected chi connectivity index (χ0v) is 22.6. The minimum atomic E-state index is 0.895. The summed E-state index contributed by atoms with van der Waals surface area (Å²) >= 11 is 0. The quantitative estimate of drug-likeness (QED) is 0.225. The molecule has 0 N–H and O–H groups in total. The number of pyridine rings is 2. The minimum absolute atomic E-state index is 0.895. The Balaban J connectivity index is 1.43. The molecule has 0 saturated heterocycles. The molecule has 0 unspecified atom stereocenters. The van der Waals surface area contributed by atoms with Crippen molar-refractivity contribution in [3.63, 3.8) is 0 Å². The van der Waals surface area contributed by atoms with Crippen molar-refractivity contribution in [2.75, 3.05) is 0 Å². The zero-order chi connectivity index (χ0) is 27.6.